The van der Waals surface area contributed by atoms with E-state index in [0.29, 0.717) is 5.95 Å². The van der Waals surface area contributed by atoms with Crippen LogP contribution in [0, 0.1) is 13.8 Å². The van der Waals surface area contributed by atoms with E-state index in [1.165, 1.54) is 11.1 Å². The fraction of sp³-hybridized carbons (Fsp3) is 0.125. The molecule has 2 aromatic heterocycles. The van der Waals surface area contributed by atoms with E-state index in [2.05, 4.69) is 46.6 Å². The third-order valence-electron chi connectivity index (χ3n) is 3.17. The molecule has 94 valence electrons. The summed E-state index contributed by atoms with van der Waals surface area (Å²) in [6.45, 7) is 4.20. The van der Waals surface area contributed by atoms with Gasteiger partial charge in [-0.15, -0.1) is 0 Å². The summed E-state index contributed by atoms with van der Waals surface area (Å²) in [6, 6.07) is 14.3. The molecule has 3 rings (SSSR count). The highest BCUT2D eigenvalue weighted by atomic mass is 15.2. The molecular formula is C16H15N3. The zero-order valence-electron chi connectivity index (χ0n) is 11.0. The van der Waals surface area contributed by atoms with Crippen LogP contribution >= 0.6 is 0 Å². The first-order valence-corrected chi connectivity index (χ1v) is 6.29. The lowest BCUT2D eigenvalue weighted by molar-refractivity contribution is 0.908. The lowest BCUT2D eigenvalue weighted by Crippen LogP contribution is -2.04. The molecular weight excluding hydrogens is 234 g/mol. The highest BCUT2D eigenvalue weighted by Gasteiger charge is 2.14. The molecule has 0 spiro atoms. The van der Waals surface area contributed by atoms with Crippen molar-refractivity contribution in [1.29, 1.82) is 0 Å². The van der Waals surface area contributed by atoms with E-state index < -0.39 is 0 Å². The van der Waals surface area contributed by atoms with E-state index in [4.69, 9.17) is 0 Å². The monoisotopic (exact) mass is 249 g/mol. The maximum Gasteiger partial charge on any atom is 0.234 e. The fourth-order valence-electron chi connectivity index (χ4n) is 2.42. The molecule has 0 aliphatic carbocycles. The van der Waals surface area contributed by atoms with Crippen molar-refractivity contribution in [2.45, 2.75) is 13.8 Å². The molecule has 2 heterocycles. The topological polar surface area (TPSA) is 30.7 Å². The first-order valence-electron chi connectivity index (χ1n) is 6.29. The number of rotatable bonds is 2. The van der Waals surface area contributed by atoms with Crippen LogP contribution in [0.1, 0.15) is 11.3 Å². The van der Waals surface area contributed by atoms with Crippen molar-refractivity contribution in [1.82, 2.24) is 14.5 Å². The van der Waals surface area contributed by atoms with Gasteiger partial charge >= 0.3 is 0 Å². The fourth-order valence-corrected chi connectivity index (χ4v) is 2.42. The summed E-state index contributed by atoms with van der Waals surface area (Å²) in [7, 11) is 0. The van der Waals surface area contributed by atoms with Crippen LogP contribution in [0.3, 0.4) is 0 Å². The minimum atomic E-state index is 0.715. The van der Waals surface area contributed by atoms with E-state index in [1.54, 1.807) is 12.4 Å². The van der Waals surface area contributed by atoms with Crippen LogP contribution in [0.2, 0.25) is 0 Å². The third-order valence-corrected chi connectivity index (χ3v) is 3.17. The molecule has 0 unspecified atom stereocenters. The molecule has 3 nitrogen and oxygen atoms in total. The summed E-state index contributed by atoms with van der Waals surface area (Å²) in [5.74, 6) is 0.715. The van der Waals surface area contributed by atoms with Gasteiger partial charge in [-0.05, 0) is 37.1 Å². The molecule has 0 aliphatic heterocycles. The van der Waals surface area contributed by atoms with E-state index in [1.807, 2.05) is 24.3 Å². The van der Waals surface area contributed by atoms with Crippen molar-refractivity contribution >= 4 is 0 Å². The minimum Gasteiger partial charge on any atom is -0.282 e. The molecule has 1 aromatic carbocycles. The van der Waals surface area contributed by atoms with Crippen LogP contribution in [0.4, 0.5) is 0 Å². The van der Waals surface area contributed by atoms with Gasteiger partial charge < -0.3 is 0 Å². The first-order chi connectivity index (χ1) is 9.27. The summed E-state index contributed by atoms with van der Waals surface area (Å²) in [5, 5.41) is 0. The van der Waals surface area contributed by atoms with Gasteiger partial charge in [0, 0.05) is 18.1 Å². The predicted molar refractivity (Wildman–Crippen MR) is 76.3 cm³/mol. The normalized spacial score (nSPS) is 10.6. The molecule has 0 saturated carbocycles. The lowest BCUT2D eigenvalue weighted by atomic mass is 10.1. The average Bonchev–Trinajstić information content (AvgIpc) is 2.75. The van der Waals surface area contributed by atoms with Gasteiger partial charge in [-0.3, -0.25) is 4.57 Å². The average molecular weight is 249 g/mol. The zero-order valence-corrected chi connectivity index (χ0v) is 11.0. The SMILES string of the molecule is Cc1cc(C)n(-c2ncccn2)c1-c1ccccc1. The second kappa shape index (κ2) is 4.69. The summed E-state index contributed by atoms with van der Waals surface area (Å²) in [4.78, 5) is 8.72. The Morgan fingerprint density at radius 3 is 2.26 bits per heavy atom. The Bertz CT molecular complexity index is 625. The van der Waals surface area contributed by atoms with Crippen molar-refractivity contribution in [2.75, 3.05) is 0 Å². The molecule has 0 bridgehead atoms. The van der Waals surface area contributed by atoms with Crippen LogP contribution in [0.25, 0.3) is 17.2 Å². The van der Waals surface area contributed by atoms with Crippen molar-refractivity contribution in [3.63, 3.8) is 0 Å². The van der Waals surface area contributed by atoms with Gasteiger partial charge in [-0.1, -0.05) is 30.3 Å². The van der Waals surface area contributed by atoms with Crippen LogP contribution in [0.5, 0.6) is 0 Å². The summed E-state index contributed by atoms with van der Waals surface area (Å²) < 4.78 is 2.10. The van der Waals surface area contributed by atoms with E-state index in [-0.39, 0.29) is 0 Å². The molecule has 0 N–H and O–H groups in total. The molecule has 19 heavy (non-hydrogen) atoms. The van der Waals surface area contributed by atoms with Gasteiger partial charge in [0.1, 0.15) is 0 Å². The molecule has 3 aromatic rings. The van der Waals surface area contributed by atoms with Gasteiger partial charge in [0.15, 0.2) is 0 Å². The number of nitrogens with zero attached hydrogens (tertiary/aromatic N) is 3. The van der Waals surface area contributed by atoms with Gasteiger partial charge in [-0.2, -0.15) is 0 Å². The zero-order chi connectivity index (χ0) is 13.2. The third kappa shape index (κ3) is 2.03. The quantitative estimate of drug-likeness (QED) is 0.695. The van der Waals surface area contributed by atoms with Crippen molar-refractivity contribution in [2.24, 2.45) is 0 Å². The summed E-state index contributed by atoms with van der Waals surface area (Å²) >= 11 is 0. The minimum absolute atomic E-state index is 0.715. The standard InChI is InChI=1S/C16H15N3/c1-12-11-13(2)19(16-17-9-6-10-18-16)15(12)14-7-4-3-5-8-14/h3-11H,1-2H3. The highest BCUT2D eigenvalue weighted by Crippen LogP contribution is 2.28. The van der Waals surface area contributed by atoms with Crippen LogP contribution in [-0.2, 0) is 0 Å². The van der Waals surface area contributed by atoms with Crippen LogP contribution in [0.15, 0.2) is 54.9 Å². The van der Waals surface area contributed by atoms with Crippen molar-refractivity contribution < 1.29 is 0 Å². The van der Waals surface area contributed by atoms with Crippen LogP contribution in [-0.4, -0.2) is 14.5 Å². The second-order valence-corrected chi connectivity index (χ2v) is 4.57. The van der Waals surface area contributed by atoms with Gasteiger partial charge in [0.2, 0.25) is 5.95 Å². The highest BCUT2D eigenvalue weighted by molar-refractivity contribution is 5.66. The van der Waals surface area contributed by atoms with Crippen LogP contribution < -0.4 is 0 Å². The van der Waals surface area contributed by atoms with E-state index >= 15 is 0 Å². The van der Waals surface area contributed by atoms with Crippen molar-refractivity contribution in [3.05, 3.63) is 66.1 Å². The van der Waals surface area contributed by atoms with Gasteiger partial charge in [-0.25, -0.2) is 9.97 Å². The maximum absolute atomic E-state index is 4.36. The Labute approximate surface area is 112 Å². The Morgan fingerprint density at radius 2 is 1.58 bits per heavy atom. The molecule has 0 radical (unpaired) electrons. The summed E-state index contributed by atoms with van der Waals surface area (Å²) in [5.41, 5.74) is 4.71. The van der Waals surface area contributed by atoms with Gasteiger partial charge in [0.05, 0.1) is 5.69 Å². The maximum atomic E-state index is 4.36. The molecule has 0 saturated heterocycles. The van der Waals surface area contributed by atoms with Gasteiger partial charge in [0.25, 0.3) is 0 Å². The number of benzene rings is 1. The smallest absolute Gasteiger partial charge is 0.234 e. The van der Waals surface area contributed by atoms with E-state index in [9.17, 15) is 0 Å². The molecule has 0 amide bonds. The Hall–Kier alpha value is -2.42. The molecule has 0 atom stereocenters. The largest absolute Gasteiger partial charge is 0.282 e. The lowest BCUT2D eigenvalue weighted by Gasteiger charge is -2.10. The molecule has 0 fully saturated rings. The number of aromatic nitrogens is 3. The first kappa shape index (κ1) is 11.7. The Balaban J connectivity index is 2.26. The Kier molecular flexibility index (Phi) is 2.88. The molecule has 3 heteroatoms. The predicted octanol–water partition coefficient (Wildman–Crippen LogP) is 3.55. The molecule has 0 aliphatic rings. The number of hydrogen-bond donors (Lipinski definition) is 0. The van der Waals surface area contributed by atoms with E-state index in [0.717, 1.165) is 11.4 Å². The van der Waals surface area contributed by atoms with Crippen molar-refractivity contribution in [3.8, 4) is 17.2 Å². The number of aryl methyl sites for hydroxylation is 2. The summed E-state index contributed by atoms with van der Waals surface area (Å²) in [6.07, 6.45) is 3.54. The Morgan fingerprint density at radius 1 is 0.895 bits per heavy atom. The second-order valence-electron chi connectivity index (χ2n) is 4.57. The number of hydrogen-bond acceptors (Lipinski definition) is 2.